The number of pyridine rings is 1. The van der Waals surface area contributed by atoms with Crippen molar-refractivity contribution in [2.24, 2.45) is 0 Å². The summed E-state index contributed by atoms with van der Waals surface area (Å²) >= 11 is 0. The molecule has 0 saturated heterocycles. The van der Waals surface area contributed by atoms with Crippen LogP contribution in [-0.4, -0.2) is 58.8 Å². The first-order valence-corrected chi connectivity index (χ1v) is 18.5. The van der Waals surface area contributed by atoms with Gasteiger partial charge in [-0.15, -0.1) is 10.2 Å². The molecule has 43 heavy (non-hydrogen) atoms. The molecular weight excluding hydrogens is 588 g/mol. The van der Waals surface area contributed by atoms with E-state index < -0.39 is 41.1 Å². The van der Waals surface area contributed by atoms with Crippen molar-refractivity contribution in [3.8, 4) is 22.8 Å². The Morgan fingerprint density at radius 3 is 2.33 bits per heavy atom. The molecule has 1 aromatic carbocycles. The fourth-order valence-electron chi connectivity index (χ4n) is 4.41. The Bertz CT molecular complexity index is 1700. The summed E-state index contributed by atoms with van der Waals surface area (Å²) in [5, 5.41) is 7.48. The minimum absolute atomic E-state index is 0.107. The molecule has 2 atom stereocenters. The number of benzene rings is 1. The van der Waals surface area contributed by atoms with E-state index in [0.29, 0.717) is 22.8 Å². The molecule has 0 aliphatic rings. The number of methoxy groups -OCH3 is 1. The van der Waals surface area contributed by atoms with Crippen LogP contribution in [0.15, 0.2) is 49.1 Å². The molecule has 0 aliphatic carbocycles. The van der Waals surface area contributed by atoms with Gasteiger partial charge in [0.25, 0.3) is 0 Å². The van der Waals surface area contributed by atoms with Crippen molar-refractivity contribution in [2.75, 3.05) is 7.11 Å². The number of para-hydroxylation sites is 1. The molecule has 10 nitrogen and oxygen atoms in total. The molecular formula is C30H39FN6O4SSi. The van der Waals surface area contributed by atoms with Gasteiger partial charge < -0.3 is 9.16 Å². The highest BCUT2D eigenvalue weighted by molar-refractivity contribution is 7.91. The van der Waals surface area contributed by atoms with Crippen molar-refractivity contribution in [2.45, 2.75) is 76.8 Å². The molecule has 0 unspecified atom stereocenters. The van der Waals surface area contributed by atoms with Crippen LogP contribution in [0.4, 0.5) is 4.39 Å². The van der Waals surface area contributed by atoms with Crippen molar-refractivity contribution in [3.63, 3.8) is 0 Å². The van der Waals surface area contributed by atoms with Crippen LogP contribution >= 0.6 is 0 Å². The first-order chi connectivity index (χ1) is 20.1. The van der Waals surface area contributed by atoms with Gasteiger partial charge in [0.05, 0.1) is 30.4 Å². The van der Waals surface area contributed by atoms with E-state index in [9.17, 15) is 12.8 Å². The summed E-state index contributed by atoms with van der Waals surface area (Å²) in [6.45, 7) is 15.6. The Kier molecular flexibility index (Phi) is 9.19. The van der Waals surface area contributed by atoms with Crippen molar-refractivity contribution >= 4 is 18.2 Å². The Hall–Kier alpha value is -3.55. The molecule has 0 aliphatic heterocycles. The Morgan fingerprint density at radius 2 is 1.72 bits per heavy atom. The number of halogens is 1. The Labute approximate surface area is 253 Å². The van der Waals surface area contributed by atoms with E-state index in [1.165, 1.54) is 0 Å². The predicted octanol–water partition coefficient (Wildman–Crippen LogP) is 5.95. The van der Waals surface area contributed by atoms with Crippen LogP contribution in [0, 0.1) is 19.7 Å². The maximum Gasteiger partial charge on any atom is 0.193 e. The standard InChI is InChI=1S/C30H39FN6O4SSi/c1-19-13-22(15-32-14-19)29-36-35-25(37(29)26-20(2)11-10-12-24(26)40-7)18-42(38,39)21(3)27(28-33-16-23(31)17-34-28)41-43(8,9)30(4,5)6/h10-17,21,27H,18H2,1-9H3/t21-,27+/m0/s1. The minimum Gasteiger partial charge on any atom is -0.495 e. The lowest BCUT2D eigenvalue weighted by atomic mass is 10.1. The van der Waals surface area contributed by atoms with Crippen LogP contribution < -0.4 is 4.74 Å². The third-order valence-corrected chi connectivity index (χ3v) is 14.4. The summed E-state index contributed by atoms with van der Waals surface area (Å²) in [4.78, 5) is 12.6. The van der Waals surface area contributed by atoms with Crippen molar-refractivity contribution in [1.29, 1.82) is 0 Å². The summed E-state index contributed by atoms with van der Waals surface area (Å²) in [7, 11) is -4.95. The predicted molar refractivity (Wildman–Crippen MR) is 166 cm³/mol. The number of aryl methyl sites for hydroxylation is 2. The van der Waals surface area contributed by atoms with Crippen LogP contribution in [0.5, 0.6) is 5.75 Å². The quantitative estimate of drug-likeness (QED) is 0.197. The van der Waals surface area contributed by atoms with Crippen LogP contribution in [0.2, 0.25) is 18.1 Å². The fourth-order valence-corrected chi connectivity index (χ4v) is 7.17. The normalized spacial score (nSPS) is 14.0. The highest BCUT2D eigenvalue weighted by Crippen LogP contribution is 2.41. The number of rotatable bonds is 10. The third kappa shape index (κ3) is 6.83. The number of nitrogens with zero attached hydrogens (tertiary/aromatic N) is 6. The number of aromatic nitrogens is 6. The largest absolute Gasteiger partial charge is 0.495 e. The van der Waals surface area contributed by atoms with E-state index in [-0.39, 0.29) is 16.7 Å². The fraction of sp³-hybridized carbons (Fsp3) is 0.433. The molecule has 4 rings (SSSR count). The lowest BCUT2D eigenvalue weighted by molar-refractivity contribution is 0.171. The molecule has 230 valence electrons. The summed E-state index contributed by atoms with van der Waals surface area (Å²) in [5.74, 6) is 0.183. The maximum absolute atomic E-state index is 14.2. The van der Waals surface area contributed by atoms with E-state index in [2.05, 4.69) is 45.9 Å². The average molecular weight is 627 g/mol. The lowest BCUT2D eigenvalue weighted by Gasteiger charge is -2.40. The Morgan fingerprint density at radius 1 is 1.05 bits per heavy atom. The SMILES string of the molecule is COc1cccc(C)c1-n1c(CS(=O)(=O)[C@@H](C)[C@@H](O[Si](C)(C)C(C)(C)C)c2ncc(F)cn2)nnc1-c1cncc(C)c1. The zero-order valence-electron chi connectivity index (χ0n) is 26.1. The number of ether oxygens (including phenoxy) is 1. The second-order valence-electron chi connectivity index (χ2n) is 12.2. The van der Waals surface area contributed by atoms with Gasteiger partial charge in [0.1, 0.15) is 17.6 Å². The molecule has 0 fully saturated rings. The third-order valence-electron chi connectivity index (χ3n) is 7.95. The number of hydrogen-bond donors (Lipinski definition) is 0. The molecule has 0 bridgehead atoms. The van der Waals surface area contributed by atoms with Crippen molar-refractivity contribution < 1.29 is 22.0 Å². The molecule has 3 aromatic heterocycles. The topological polar surface area (TPSA) is 122 Å². The van der Waals surface area contributed by atoms with Gasteiger partial charge in [-0.3, -0.25) is 9.55 Å². The molecule has 0 amide bonds. The summed E-state index contributed by atoms with van der Waals surface area (Å²) in [6, 6.07) is 7.48. The summed E-state index contributed by atoms with van der Waals surface area (Å²) in [5.41, 5.74) is 3.05. The zero-order valence-corrected chi connectivity index (χ0v) is 27.9. The summed E-state index contributed by atoms with van der Waals surface area (Å²) < 4.78 is 56.2. The number of sulfone groups is 1. The summed E-state index contributed by atoms with van der Waals surface area (Å²) in [6.07, 6.45) is 4.40. The van der Waals surface area contributed by atoms with Gasteiger partial charge in [0.15, 0.2) is 41.4 Å². The minimum atomic E-state index is -3.98. The van der Waals surface area contributed by atoms with Gasteiger partial charge >= 0.3 is 0 Å². The molecule has 13 heteroatoms. The highest BCUT2D eigenvalue weighted by Gasteiger charge is 2.44. The molecule has 0 N–H and O–H groups in total. The van der Waals surface area contributed by atoms with Gasteiger partial charge in [-0.05, 0) is 62.2 Å². The Balaban J connectivity index is 1.84. The van der Waals surface area contributed by atoms with Crippen LogP contribution in [-0.2, 0) is 20.0 Å². The lowest BCUT2D eigenvalue weighted by Crippen LogP contribution is -2.45. The monoisotopic (exact) mass is 626 g/mol. The van der Waals surface area contributed by atoms with E-state index in [0.717, 1.165) is 23.5 Å². The zero-order chi connectivity index (χ0) is 31.7. The first kappa shape index (κ1) is 32.4. The van der Waals surface area contributed by atoms with E-state index in [1.54, 1.807) is 37.1 Å². The maximum atomic E-state index is 14.2. The van der Waals surface area contributed by atoms with Gasteiger partial charge in [-0.1, -0.05) is 32.9 Å². The molecule has 0 spiro atoms. The molecule has 4 aromatic rings. The average Bonchev–Trinajstić information content (AvgIpc) is 3.33. The molecule has 0 radical (unpaired) electrons. The van der Waals surface area contributed by atoms with Crippen LogP contribution in [0.1, 0.15) is 56.6 Å². The second kappa shape index (κ2) is 12.2. The smallest absolute Gasteiger partial charge is 0.193 e. The van der Waals surface area contributed by atoms with E-state index in [1.807, 2.05) is 45.1 Å². The van der Waals surface area contributed by atoms with Gasteiger partial charge in [0, 0.05) is 18.0 Å². The molecule has 0 saturated carbocycles. The van der Waals surface area contributed by atoms with E-state index >= 15 is 0 Å². The number of hydrogen-bond acceptors (Lipinski definition) is 9. The second-order valence-corrected chi connectivity index (χ2v) is 19.3. The van der Waals surface area contributed by atoms with Gasteiger partial charge in [0.2, 0.25) is 0 Å². The highest BCUT2D eigenvalue weighted by atomic mass is 32.2. The molecule has 3 heterocycles. The van der Waals surface area contributed by atoms with Gasteiger partial charge in [-0.25, -0.2) is 22.8 Å². The van der Waals surface area contributed by atoms with Crippen LogP contribution in [0.25, 0.3) is 17.1 Å². The van der Waals surface area contributed by atoms with E-state index in [4.69, 9.17) is 9.16 Å². The van der Waals surface area contributed by atoms with Crippen LogP contribution in [0.3, 0.4) is 0 Å². The first-order valence-electron chi connectivity index (χ1n) is 13.9. The van der Waals surface area contributed by atoms with Crippen molar-refractivity contribution in [1.82, 2.24) is 29.7 Å². The van der Waals surface area contributed by atoms with Gasteiger partial charge in [-0.2, -0.15) is 0 Å². The van der Waals surface area contributed by atoms with Crippen molar-refractivity contribution in [3.05, 3.63) is 77.6 Å².